The van der Waals surface area contributed by atoms with Gasteiger partial charge < -0.3 is 15.7 Å². The van der Waals surface area contributed by atoms with Gasteiger partial charge in [-0.25, -0.2) is 0 Å². The number of hydrogen-bond acceptors (Lipinski definition) is 3. The molecule has 0 aliphatic heterocycles. The van der Waals surface area contributed by atoms with Gasteiger partial charge in [0.1, 0.15) is 0 Å². The van der Waals surface area contributed by atoms with Crippen molar-refractivity contribution in [3.63, 3.8) is 0 Å². The molecule has 0 unspecified atom stereocenters. The first-order chi connectivity index (χ1) is 11.1. The highest BCUT2D eigenvalue weighted by molar-refractivity contribution is 14.0. The van der Waals surface area contributed by atoms with Gasteiger partial charge in [0, 0.05) is 32.0 Å². The lowest BCUT2D eigenvalue weighted by Gasteiger charge is -2.26. The molecule has 0 spiro atoms. The van der Waals surface area contributed by atoms with Crippen LogP contribution in [-0.2, 0) is 6.54 Å². The lowest BCUT2D eigenvalue weighted by Crippen LogP contribution is -2.40. The zero-order valence-electron chi connectivity index (χ0n) is 15.3. The summed E-state index contributed by atoms with van der Waals surface area (Å²) in [5, 5.41) is 21.4. The van der Waals surface area contributed by atoms with Gasteiger partial charge in [-0.1, -0.05) is 26.7 Å². The van der Waals surface area contributed by atoms with Crippen LogP contribution in [0.3, 0.4) is 0 Å². The average molecular weight is 451 g/mol. The lowest BCUT2D eigenvalue weighted by atomic mass is 9.93. The summed E-state index contributed by atoms with van der Waals surface area (Å²) in [5.41, 5.74) is -0.680. The first kappa shape index (κ1) is 23.2. The molecule has 0 bridgehead atoms. The normalized spacial score (nSPS) is 11.9. The summed E-state index contributed by atoms with van der Waals surface area (Å²) in [7, 11) is 0. The standard InChI is InChI=1S/C17H33N5O.HI/c1-4-9-17(23,10-5-2)15-20-16(18-6-3)19-11-7-13-22-14-8-12-21-22;/h8,12,14,23H,4-7,9-11,13,15H2,1-3H3,(H2,18,19,20);1H. The molecule has 0 atom stereocenters. The van der Waals surface area contributed by atoms with Crippen molar-refractivity contribution < 1.29 is 5.11 Å². The Morgan fingerprint density at radius 1 is 1.21 bits per heavy atom. The second kappa shape index (κ2) is 13.5. The second-order valence-corrected chi connectivity index (χ2v) is 5.97. The molecule has 140 valence electrons. The van der Waals surface area contributed by atoms with E-state index in [0.717, 1.165) is 57.7 Å². The first-order valence-electron chi connectivity index (χ1n) is 8.85. The van der Waals surface area contributed by atoms with Gasteiger partial charge in [0.2, 0.25) is 0 Å². The molecule has 6 nitrogen and oxygen atoms in total. The summed E-state index contributed by atoms with van der Waals surface area (Å²) in [6, 6.07) is 1.93. The highest BCUT2D eigenvalue weighted by atomic mass is 127. The quantitative estimate of drug-likeness (QED) is 0.209. The first-order valence-corrected chi connectivity index (χ1v) is 8.85. The van der Waals surface area contributed by atoms with Crippen molar-refractivity contribution in [3.05, 3.63) is 18.5 Å². The Bertz CT molecular complexity index is 430. The predicted molar refractivity (Wildman–Crippen MR) is 111 cm³/mol. The number of aromatic nitrogens is 2. The smallest absolute Gasteiger partial charge is 0.191 e. The number of halogens is 1. The van der Waals surface area contributed by atoms with E-state index in [1.165, 1.54) is 0 Å². The van der Waals surface area contributed by atoms with Crippen LogP contribution >= 0.6 is 24.0 Å². The molecule has 24 heavy (non-hydrogen) atoms. The topological polar surface area (TPSA) is 74.5 Å². The molecule has 0 radical (unpaired) electrons. The Kier molecular flexibility index (Phi) is 13.0. The van der Waals surface area contributed by atoms with E-state index in [-0.39, 0.29) is 24.0 Å². The summed E-state index contributed by atoms with van der Waals surface area (Å²) in [6.45, 7) is 9.21. The summed E-state index contributed by atoms with van der Waals surface area (Å²) in [5.74, 6) is 0.776. The zero-order chi connectivity index (χ0) is 17.0. The van der Waals surface area contributed by atoms with E-state index in [9.17, 15) is 5.11 Å². The molecule has 0 aromatic carbocycles. The van der Waals surface area contributed by atoms with E-state index in [4.69, 9.17) is 0 Å². The van der Waals surface area contributed by atoms with Crippen LogP contribution in [0.25, 0.3) is 0 Å². The van der Waals surface area contributed by atoms with Gasteiger partial charge >= 0.3 is 0 Å². The molecule has 0 saturated carbocycles. The van der Waals surface area contributed by atoms with Crippen molar-refractivity contribution in [2.45, 2.75) is 65.0 Å². The maximum atomic E-state index is 10.7. The van der Waals surface area contributed by atoms with Crippen LogP contribution in [0.5, 0.6) is 0 Å². The minimum atomic E-state index is -0.680. The number of aryl methyl sites for hydroxylation is 1. The molecular formula is C17H34IN5O. The highest BCUT2D eigenvalue weighted by Gasteiger charge is 2.24. The number of nitrogens with zero attached hydrogens (tertiary/aromatic N) is 3. The molecule has 1 aromatic rings. The molecule has 1 heterocycles. The minimum Gasteiger partial charge on any atom is -0.388 e. The second-order valence-electron chi connectivity index (χ2n) is 5.97. The van der Waals surface area contributed by atoms with Gasteiger partial charge in [-0.05, 0) is 32.3 Å². The van der Waals surface area contributed by atoms with Crippen LogP contribution in [0.2, 0.25) is 0 Å². The number of nitrogens with one attached hydrogen (secondary N) is 2. The number of hydrogen-bond donors (Lipinski definition) is 3. The van der Waals surface area contributed by atoms with Crippen LogP contribution in [0.4, 0.5) is 0 Å². The molecular weight excluding hydrogens is 417 g/mol. The van der Waals surface area contributed by atoms with E-state index in [1.807, 2.05) is 23.9 Å². The third-order valence-corrected chi connectivity index (χ3v) is 3.72. The average Bonchev–Trinajstić information content (AvgIpc) is 3.03. The fraction of sp³-hybridized carbons (Fsp3) is 0.765. The zero-order valence-corrected chi connectivity index (χ0v) is 17.6. The van der Waals surface area contributed by atoms with Crippen molar-refractivity contribution in [1.82, 2.24) is 20.4 Å². The lowest BCUT2D eigenvalue weighted by molar-refractivity contribution is 0.0306. The molecule has 3 N–H and O–H groups in total. The highest BCUT2D eigenvalue weighted by Crippen LogP contribution is 2.19. The third-order valence-electron chi connectivity index (χ3n) is 3.72. The summed E-state index contributed by atoms with van der Waals surface area (Å²) < 4.78 is 1.92. The summed E-state index contributed by atoms with van der Waals surface area (Å²) in [6.07, 6.45) is 8.27. The van der Waals surface area contributed by atoms with Crippen molar-refractivity contribution in [2.24, 2.45) is 4.99 Å². The molecule has 1 aromatic heterocycles. The monoisotopic (exact) mass is 451 g/mol. The largest absolute Gasteiger partial charge is 0.388 e. The Labute approximate surface area is 163 Å². The van der Waals surface area contributed by atoms with Crippen molar-refractivity contribution in [3.8, 4) is 0 Å². The van der Waals surface area contributed by atoms with E-state index in [0.29, 0.717) is 6.54 Å². The fourth-order valence-corrected chi connectivity index (χ4v) is 2.66. The fourth-order valence-electron chi connectivity index (χ4n) is 2.66. The summed E-state index contributed by atoms with van der Waals surface area (Å²) >= 11 is 0. The van der Waals surface area contributed by atoms with Crippen LogP contribution < -0.4 is 10.6 Å². The van der Waals surface area contributed by atoms with Crippen LogP contribution in [0, 0.1) is 0 Å². The predicted octanol–water partition coefficient (Wildman–Crippen LogP) is 2.78. The van der Waals surface area contributed by atoms with E-state index < -0.39 is 5.60 Å². The van der Waals surface area contributed by atoms with Crippen molar-refractivity contribution >= 4 is 29.9 Å². The number of aliphatic imine (C=N–C) groups is 1. The minimum absolute atomic E-state index is 0. The van der Waals surface area contributed by atoms with Gasteiger partial charge in [-0.2, -0.15) is 5.10 Å². The number of guanidine groups is 1. The van der Waals surface area contributed by atoms with Gasteiger partial charge in [0.25, 0.3) is 0 Å². The Balaban J connectivity index is 0.00000529. The molecule has 0 aliphatic rings. The van der Waals surface area contributed by atoms with Crippen molar-refractivity contribution in [2.75, 3.05) is 19.6 Å². The van der Waals surface area contributed by atoms with E-state index in [2.05, 4.69) is 34.6 Å². The Hall–Kier alpha value is -0.830. The molecule has 0 aliphatic carbocycles. The Morgan fingerprint density at radius 3 is 2.46 bits per heavy atom. The van der Waals surface area contributed by atoms with Crippen molar-refractivity contribution in [1.29, 1.82) is 0 Å². The third kappa shape index (κ3) is 9.46. The van der Waals surface area contributed by atoms with Gasteiger partial charge in [-0.15, -0.1) is 24.0 Å². The van der Waals surface area contributed by atoms with Crippen LogP contribution in [0.1, 0.15) is 52.9 Å². The van der Waals surface area contributed by atoms with Crippen LogP contribution in [-0.4, -0.2) is 46.1 Å². The maximum absolute atomic E-state index is 10.7. The molecule has 0 amide bonds. The Morgan fingerprint density at radius 2 is 1.92 bits per heavy atom. The molecule has 1 rings (SSSR count). The van der Waals surface area contributed by atoms with E-state index in [1.54, 1.807) is 6.20 Å². The molecule has 0 fully saturated rings. The van der Waals surface area contributed by atoms with Gasteiger partial charge in [-0.3, -0.25) is 9.67 Å². The summed E-state index contributed by atoms with van der Waals surface area (Å²) in [4.78, 5) is 4.58. The SMILES string of the molecule is CCCC(O)(CCC)CN=C(NCC)NCCCn1cccn1.I. The van der Waals surface area contributed by atoms with E-state index >= 15 is 0 Å². The number of rotatable bonds is 11. The van der Waals surface area contributed by atoms with Crippen LogP contribution in [0.15, 0.2) is 23.5 Å². The maximum Gasteiger partial charge on any atom is 0.191 e. The number of aliphatic hydroxyl groups is 1. The molecule has 0 saturated heterocycles. The van der Waals surface area contributed by atoms with Gasteiger partial charge in [0.15, 0.2) is 5.96 Å². The molecule has 7 heteroatoms. The van der Waals surface area contributed by atoms with Gasteiger partial charge in [0.05, 0.1) is 12.1 Å².